The fourth-order valence-corrected chi connectivity index (χ4v) is 2.21. The smallest absolute Gasteiger partial charge is 0.173 e. The molecule has 1 aromatic heterocycles. The third-order valence-electron chi connectivity index (χ3n) is 2.55. The van der Waals surface area contributed by atoms with Gasteiger partial charge in [0.1, 0.15) is 0 Å². The van der Waals surface area contributed by atoms with Gasteiger partial charge in [-0.3, -0.25) is 4.98 Å². The Balaban J connectivity index is 2.24. The van der Waals surface area contributed by atoms with Gasteiger partial charge >= 0.3 is 0 Å². The van der Waals surface area contributed by atoms with Crippen LogP contribution < -0.4 is 0 Å². The molecule has 5 heteroatoms. The molecule has 0 amide bonds. The number of hydrogen-bond acceptors (Lipinski definition) is 2. The van der Waals surface area contributed by atoms with Crippen LogP contribution in [-0.2, 0) is 6.42 Å². The van der Waals surface area contributed by atoms with Gasteiger partial charge in [-0.15, -0.1) is 0 Å². The first-order chi connectivity index (χ1) is 8.59. The Kier molecular flexibility index (Phi) is 4.04. The number of rotatable bonds is 3. The van der Waals surface area contributed by atoms with Gasteiger partial charge in [-0.05, 0) is 39.7 Å². The van der Waals surface area contributed by atoms with Crippen molar-refractivity contribution in [2.24, 2.45) is 0 Å². The normalized spacial score (nSPS) is 12.4. The molecule has 0 bridgehead atoms. The van der Waals surface area contributed by atoms with Crippen LogP contribution in [0.25, 0.3) is 0 Å². The van der Waals surface area contributed by atoms with E-state index in [2.05, 4.69) is 20.9 Å². The number of benzene rings is 1. The van der Waals surface area contributed by atoms with Gasteiger partial charge in [0.05, 0.1) is 10.6 Å². The van der Waals surface area contributed by atoms with Gasteiger partial charge in [-0.2, -0.15) is 0 Å². The van der Waals surface area contributed by atoms with Crippen LogP contribution in [0.5, 0.6) is 0 Å². The Morgan fingerprint density at radius 3 is 2.67 bits per heavy atom. The number of aliphatic hydroxyl groups excluding tert-OH is 1. The van der Waals surface area contributed by atoms with Crippen molar-refractivity contribution in [2.45, 2.75) is 12.5 Å². The fourth-order valence-electron chi connectivity index (χ4n) is 1.63. The number of pyridine rings is 1. The number of aliphatic hydroxyl groups is 1. The first-order valence-corrected chi connectivity index (χ1v) is 6.10. The zero-order chi connectivity index (χ0) is 13.1. The van der Waals surface area contributed by atoms with Gasteiger partial charge in [0.15, 0.2) is 11.6 Å². The van der Waals surface area contributed by atoms with E-state index in [1.165, 1.54) is 6.07 Å². The predicted molar refractivity (Wildman–Crippen MR) is 67.0 cm³/mol. The van der Waals surface area contributed by atoms with E-state index >= 15 is 0 Å². The minimum atomic E-state index is -0.993. The Labute approximate surface area is 111 Å². The van der Waals surface area contributed by atoms with Crippen molar-refractivity contribution in [3.63, 3.8) is 0 Å². The van der Waals surface area contributed by atoms with Crippen molar-refractivity contribution in [3.8, 4) is 0 Å². The van der Waals surface area contributed by atoms with E-state index in [9.17, 15) is 13.9 Å². The maximum atomic E-state index is 13.3. The van der Waals surface area contributed by atoms with Crippen LogP contribution in [0.4, 0.5) is 8.78 Å². The first kappa shape index (κ1) is 13.1. The van der Waals surface area contributed by atoms with Crippen molar-refractivity contribution < 1.29 is 13.9 Å². The molecule has 1 heterocycles. The monoisotopic (exact) mass is 313 g/mol. The van der Waals surface area contributed by atoms with Gasteiger partial charge in [-0.25, -0.2) is 8.78 Å². The molecular formula is C13H10BrF2NO. The highest BCUT2D eigenvalue weighted by Crippen LogP contribution is 2.29. The lowest BCUT2D eigenvalue weighted by molar-refractivity contribution is 0.175. The molecule has 0 saturated heterocycles. The Morgan fingerprint density at radius 1 is 1.22 bits per heavy atom. The van der Waals surface area contributed by atoms with Crippen LogP contribution in [0.15, 0.2) is 41.0 Å². The summed E-state index contributed by atoms with van der Waals surface area (Å²) in [4.78, 5) is 4.07. The van der Waals surface area contributed by atoms with Gasteiger partial charge in [0.2, 0.25) is 0 Å². The van der Waals surface area contributed by atoms with Crippen LogP contribution >= 0.6 is 15.9 Å². The van der Waals surface area contributed by atoms with Gasteiger partial charge < -0.3 is 5.11 Å². The molecular weight excluding hydrogens is 304 g/mol. The molecule has 18 heavy (non-hydrogen) atoms. The third-order valence-corrected chi connectivity index (χ3v) is 3.36. The second-order valence-corrected chi connectivity index (χ2v) is 4.60. The molecule has 0 saturated carbocycles. The van der Waals surface area contributed by atoms with E-state index in [1.807, 2.05) is 0 Å². The van der Waals surface area contributed by atoms with Crippen molar-refractivity contribution in [3.05, 3.63) is 63.9 Å². The highest BCUT2D eigenvalue weighted by Gasteiger charge is 2.17. The molecule has 2 rings (SSSR count). The van der Waals surface area contributed by atoms with E-state index in [-0.39, 0.29) is 10.9 Å². The van der Waals surface area contributed by atoms with Crippen LogP contribution in [0.3, 0.4) is 0 Å². The fraction of sp³-hybridized carbons (Fsp3) is 0.154. The highest BCUT2D eigenvalue weighted by atomic mass is 79.9. The highest BCUT2D eigenvalue weighted by molar-refractivity contribution is 9.10. The number of nitrogens with zero attached hydrogens (tertiary/aromatic N) is 1. The summed E-state index contributed by atoms with van der Waals surface area (Å²) in [6.45, 7) is 0. The maximum absolute atomic E-state index is 13.3. The summed E-state index contributed by atoms with van der Waals surface area (Å²) < 4.78 is 26.2. The van der Waals surface area contributed by atoms with Crippen molar-refractivity contribution in [1.82, 2.24) is 4.98 Å². The summed E-state index contributed by atoms with van der Waals surface area (Å²) in [6.07, 6.45) is 0.914. The van der Waals surface area contributed by atoms with Crippen LogP contribution in [-0.4, -0.2) is 10.1 Å². The Hall–Kier alpha value is -1.33. The van der Waals surface area contributed by atoms with Crippen molar-refractivity contribution in [2.75, 3.05) is 0 Å². The van der Waals surface area contributed by atoms with E-state index in [0.717, 1.165) is 6.07 Å². The summed E-state index contributed by atoms with van der Waals surface area (Å²) in [6, 6.07) is 7.68. The topological polar surface area (TPSA) is 33.1 Å². The summed E-state index contributed by atoms with van der Waals surface area (Å²) in [7, 11) is 0. The lowest BCUT2D eigenvalue weighted by atomic mass is 10.0. The largest absolute Gasteiger partial charge is 0.388 e. The quantitative estimate of drug-likeness (QED) is 0.881. The van der Waals surface area contributed by atoms with E-state index < -0.39 is 17.7 Å². The molecule has 2 nitrogen and oxygen atoms in total. The average molecular weight is 314 g/mol. The molecule has 0 radical (unpaired) electrons. The molecule has 1 unspecified atom stereocenters. The van der Waals surface area contributed by atoms with Crippen LogP contribution in [0, 0.1) is 11.6 Å². The van der Waals surface area contributed by atoms with E-state index in [0.29, 0.717) is 11.3 Å². The average Bonchev–Trinajstić information content (AvgIpc) is 2.37. The Morgan fingerprint density at radius 2 is 2.00 bits per heavy atom. The first-order valence-electron chi connectivity index (χ1n) is 5.31. The molecule has 0 aliphatic rings. The molecule has 1 aromatic carbocycles. The second kappa shape index (κ2) is 5.54. The molecule has 2 aromatic rings. The molecule has 0 aliphatic heterocycles. The van der Waals surface area contributed by atoms with Crippen molar-refractivity contribution in [1.29, 1.82) is 0 Å². The zero-order valence-electron chi connectivity index (χ0n) is 9.28. The predicted octanol–water partition coefficient (Wildman–Crippen LogP) is 3.40. The summed E-state index contributed by atoms with van der Waals surface area (Å²) in [5.41, 5.74) is 0.987. The lowest BCUT2D eigenvalue weighted by Gasteiger charge is -2.13. The van der Waals surface area contributed by atoms with Gasteiger partial charge in [0, 0.05) is 18.3 Å². The summed E-state index contributed by atoms with van der Waals surface area (Å²) >= 11 is 2.95. The van der Waals surface area contributed by atoms with Crippen molar-refractivity contribution >= 4 is 15.9 Å². The second-order valence-electron chi connectivity index (χ2n) is 3.81. The van der Waals surface area contributed by atoms with Crippen LogP contribution in [0.1, 0.15) is 17.4 Å². The van der Waals surface area contributed by atoms with E-state index in [4.69, 9.17) is 0 Å². The summed E-state index contributed by atoms with van der Waals surface area (Å²) in [5.74, 6) is -1.94. The lowest BCUT2D eigenvalue weighted by Crippen LogP contribution is -2.05. The molecule has 1 atom stereocenters. The number of halogens is 3. The SMILES string of the molecule is OC(Cc1ccccn1)c1ccc(F)c(F)c1Br. The third kappa shape index (κ3) is 2.73. The minimum Gasteiger partial charge on any atom is -0.388 e. The number of hydrogen-bond donors (Lipinski definition) is 1. The maximum Gasteiger partial charge on any atom is 0.173 e. The van der Waals surface area contributed by atoms with Gasteiger partial charge in [-0.1, -0.05) is 12.1 Å². The molecule has 0 aliphatic carbocycles. The molecule has 94 valence electrons. The molecule has 1 N–H and O–H groups in total. The van der Waals surface area contributed by atoms with E-state index in [1.54, 1.807) is 24.4 Å². The molecule has 0 spiro atoms. The summed E-state index contributed by atoms with van der Waals surface area (Å²) in [5, 5.41) is 10.0. The zero-order valence-corrected chi connectivity index (χ0v) is 10.9. The molecule has 0 fully saturated rings. The van der Waals surface area contributed by atoms with Crippen LogP contribution in [0.2, 0.25) is 0 Å². The minimum absolute atomic E-state index is 0.0501. The van der Waals surface area contributed by atoms with Gasteiger partial charge in [0.25, 0.3) is 0 Å². The number of aromatic nitrogens is 1. The Bertz CT molecular complexity index is 548. The standard InChI is InChI=1S/C13H10BrF2NO/c14-12-9(4-5-10(15)13(12)16)11(18)7-8-3-1-2-6-17-8/h1-6,11,18H,7H2.